The van der Waals surface area contributed by atoms with E-state index >= 15 is 0 Å². The van der Waals surface area contributed by atoms with Crippen molar-refractivity contribution in [3.05, 3.63) is 28.8 Å². The lowest BCUT2D eigenvalue weighted by Crippen LogP contribution is -2.31. The second-order valence-electron chi connectivity index (χ2n) is 5.18. The van der Waals surface area contributed by atoms with Gasteiger partial charge in [0.15, 0.2) is 0 Å². The highest BCUT2D eigenvalue weighted by molar-refractivity contribution is 7.89. The summed E-state index contributed by atoms with van der Waals surface area (Å²) in [5.41, 5.74) is 1.90. The molecule has 0 unspecified atom stereocenters. The van der Waals surface area contributed by atoms with E-state index in [4.69, 9.17) is 0 Å². The molecule has 118 valence electrons. The van der Waals surface area contributed by atoms with Crippen LogP contribution in [0.3, 0.4) is 0 Å². The van der Waals surface area contributed by atoms with Crippen molar-refractivity contribution in [3.63, 3.8) is 0 Å². The molecule has 0 saturated heterocycles. The van der Waals surface area contributed by atoms with Gasteiger partial charge in [-0.2, -0.15) is 0 Å². The Morgan fingerprint density at radius 1 is 1.10 bits per heavy atom. The van der Waals surface area contributed by atoms with Crippen LogP contribution in [-0.4, -0.2) is 50.7 Å². The molecule has 0 atom stereocenters. The Balaban J connectivity index is 3.48. The molecule has 0 aliphatic rings. The summed E-state index contributed by atoms with van der Waals surface area (Å²) in [6.45, 7) is 8.58. The van der Waals surface area contributed by atoms with Crippen molar-refractivity contribution in [1.82, 2.24) is 9.21 Å². The van der Waals surface area contributed by atoms with E-state index in [1.165, 1.54) is 24.5 Å². The summed E-state index contributed by atoms with van der Waals surface area (Å²) in [5.74, 6) is -0.140. The van der Waals surface area contributed by atoms with Crippen molar-refractivity contribution in [2.24, 2.45) is 0 Å². The van der Waals surface area contributed by atoms with E-state index in [1.807, 2.05) is 20.8 Å². The van der Waals surface area contributed by atoms with Gasteiger partial charge in [0.1, 0.15) is 0 Å². The summed E-state index contributed by atoms with van der Waals surface area (Å²) in [5, 5.41) is 0. The van der Waals surface area contributed by atoms with Crippen molar-refractivity contribution in [2.75, 3.05) is 27.2 Å². The Hall–Kier alpha value is -1.40. The van der Waals surface area contributed by atoms with Crippen molar-refractivity contribution < 1.29 is 13.2 Å². The first-order chi connectivity index (χ1) is 9.66. The Morgan fingerprint density at radius 2 is 1.62 bits per heavy atom. The van der Waals surface area contributed by atoms with Gasteiger partial charge in [-0.15, -0.1) is 0 Å². The number of carbonyl (C=O) groups excluding carboxylic acids is 1. The monoisotopic (exact) mass is 312 g/mol. The predicted molar refractivity (Wildman–Crippen MR) is 84.0 cm³/mol. The van der Waals surface area contributed by atoms with Crippen LogP contribution >= 0.6 is 0 Å². The van der Waals surface area contributed by atoms with Gasteiger partial charge >= 0.3 is 0 Å². The fourth-order valence-electron chi connectivity index (χ4n) is 2.11. The lowest BCUT2D eigenvalue weighted by molar-refractivity contribution is 0.0772. The second-order valence-corrected chi connectivity index (χ2v) is 7.30. The molecular formula is C15H24N2O3S. The molecule has 0 radical (unpaired) electrons. The van der Waals surface area contributed by atoms with E-state index in [0.717, 1.165) is 5.56 Å². The second kappa shape index (κ2) is 6.58. The molecule has 0 aliphatic carbocycles. The molecule has 0 saturated carbocycles. The van der Waals surface area contributed by atoms with Crippen LogP contribution in [0.5, 0.6) is 0 Å². The van der Waals surface area contributed by atoms with Crippen LogP contribution in [-0.2, 0) is 10.0 Å². The van der Waals surface area contributed by atoms with Gasteiger partial charge in [0.2, 0.25) is 10.0 Å². The molecule has 0 heterocycles. The molecule has 1 rings (SSSR count). The first-order valence-electron chi connectivity index (χ1n) is 6.99. The van der Waals surface area contributed by atoms with Crippen LogP contribution in [0.4, 0.5) is 0 Å². The molecule has 6 heteroatoms. The average Bonchev–Trinajstić information content (AvgIpc) is 2.42. The third-order valence-electron chi connectivity index (χ3n) is 3.68. The average molecular weight is 312 g/mol. The third-order valence-corrected chi connectivity index (χ3v) is 5.62. The fraction of sp³-hybridized carbons (Fsp3) is 0.533. The van der Waals surface area contributed by atoms with Crippen LogP contribution in [0.1, 0.15) is 35.3 Å². The Bertz CT molecular complexity index is 633. The molecule has 0 aromatic heterocycles. The molecule has 1 aromatic rings. The van der Waals surface area contributed by atoms with Crippen molar-refractivity contribution >= 4 is 15.9 Å². The van der Waals surface area contributed by atoms with Crippen LogP contribution in [0.2, 0.25) is 0 Å². The lowest BCUT2D eigenvalue weighted by atomic mass is 10.1. The summed E-state index contributed by atoms with van der Waals surface area (Å²) in [4.78, 5) is 14.3. The summed E-state index contributed by atoms with van der Waals surface area (Å²) in [6, 6.07) is 3.24. The van der Waals surface area contributed by atoms with Crippen LogP contribution in [0, 0.1) is 13.8 Å². The highest BCUT2D eigenvalue weighted by atomic mass is 32.2. The summed E-state index contributed by atoms with van der Waals surface area (Å²) in [6.07, 6.45) is 0. The first-order valence-corrected chi connectivity index (χ1v) is 8.43. The molecule has 0 aliphatic heterocycles. The fourth-order valence-corrected chi connectivity index (χ4v) is 3.33. The van der Waals surface area contributed by atoms with E-state index in [2.05, 4.69) is 0 Å². The maximum atomic E-state index is 12.4. The number of benzene rings is 1. The zero-order valence-electron chi connectivity index (χ0n) is 13.6. The highest BCUT2D eigenvalue weighted by Crippen LogP contribution is 2.24. The van der Waals surface area contributed by atoms with Crippen LogP contribution in [0.15, 0.2) is 17.0 Å². The smallest absolute Gasteiger partial charge is 0.253 e. The van der Waals surface area contributed by atoms with Gasteiger partial charge in [-0.05, 0) is 51.0 Å². The molecular weight excluding hydrogens is 288 g/mol. The van der Waals surface area contributed by atoms with Gasteiger partial charge < -0.3 is 4.90 Å². The predicted octanol–water partition coefficient (Wildman–Crippen LogP) is 2.04. The molecule has 0 N–H and O–H groups in total. The number of aryl methyl sites for hydroxylation is 1. The zero-order valence-corrected chi connectivity index (χ0v) is 14.4. The van der Waals surface area contributed by atoms with Gasteiger partial charge in [-0.3, -0.25) is 4.79 Å². The zero-order chi connectivity index (χ0) is 16.4. The van der Waals surface area contributed by atoms with Gasteiger partial charge in [-0.1, -0.05) is 0 Å². The lowest BCUT2D eigenvalue weighted by Gasteiger charge is -2.21. The maximum absolute atomic E-state index is 12.4. The molecule has 1 amide bonds. The third kappa shape index (κ3) is 3.44. The number of nitrogens with zero attached hydrogens (tertiary/aromatic N) is 2. The van der Waals surface area contributed by atoms with Crippen molar-refractivity contribution in [2.45, 2.75) is 32.6 Å². The summed E-state index contributed by atoms with van der Waals surface area (Å²) >= 11 is 0. The summed E-state index contributed by atoms with van der Waals surface area (Å²) < 4.78 is 25.9. The quantitative estimate of drug-likeness (QED) is 0.836. The Labute approximate surface area is 127 Å². The number of carbonyl (C=O) groups is 1. The minimum atomic E-state index is -3.56. The molecule has 5 nitrogen and oxygen atoms in total. The first kappa shape index (κ1) is 17.7. The van der Waals surface area contributed by atoms with E-state index < -0.39 is 10.0 Å². The van der Waals surface area contributed by atoms with Gasteiger partial charge in [0, 0.05) is 32.7 Å². The molecule has 0 spiro atoms. The number of hydrogen-bond donors (Lipinski definition) is 0. The molecule has 1 aromatic carbocycles. The minimum absolute atomic E-state index is 0.140. The van der Waals surface area contributed by atoms with Gasteiger partial charge in [0.05, 0.1) is 4.90 Å². The van der Waals surface area contributed by atoms with Crippen molar-refractivity contribution in [3.8, 4) is 0 Å². The molecule has 21 heavy (non-hydrogen) atoms. The summed E-state index contributed by atoms with van der Waals surface area (Å²) in [7, 11) is -0.584. The molecule has 0 fully saturated rings. The standard InChI is InChI=1S/C15H24N2O3S/c1-7-17(8-2)15(18)13-9-11(3)12(4)14(10-13)21(19,20)16(5)6/h9-10H,7-8H2,1-6H3. The number of hydrogen-bond acceptors (Lipinski definition) is 3. The van der Waals surface area contributed by atoms with E-state index in [1.54, 1.807) is 17.9 Å². The van der Waals surface area contributed by atoms with E-state index in [9.17, 15) is 13.2 Å². The highest BCUT2D eigenvalue weighted by Gasteiger charge is 2.23. The topological polar surface area (TPSA) is 57.7 Å². The van der Waals surface area contributed by atoms with E-state index in [-0.39, 0.29) is 10.8 Å². The molecule has 0 bridgehead atoms. The van der Waals surface area contributed by atoms with Crippen LogP contribution < -0.4 is 0 Å². The van der Waals surface area contributed by atoms with Crippen LogP contribution in [0.25, 0.3) is 0 Å². The normalized spacial score (nSPS) is 11.8. The number of sulfonamides is 1. The maximum Gasteiger partial charge on any atom is 0.253 e. The minimum Gasteiger partial charge on any atom is -0.339 e. The Morgan fingerprint density at radius 3 is 2.05 bits per heavy atom. The number of amides is 1. The van der Waals surface area contributed by atoms with Gasteiger partial charge in [0.25, 0.3) is 5.91 Å². The van der Waals surface area contributed by atoms with Crippen molar-refractivity contribution in [1.29, 1.82) is 0 Å². The Kier molecular flexibility index (Phi) is 5.53. The largest absolute Gasteiger partial charge is 0.339 e. The SMILES string of the molecule is CCN(CC)C(=O)c1cc(C)c(C)c(S(=O)(=O)N(C)C)c1. The number of rotatable bonds is 5. The van der Waals surface area contributed by atoms with Gasteiger partial charge in [-0.25, -0.2) is 12.7 Å². The van der Waals surface area contributed by atoms with E-state index in [0.29, 0.717) is 24.2 Å².